The van der Waals surface area contributed by atoms with Crippen molar-refractivity contribution < 1.29 is 19.7 Å². The molecule has 1 fully saturated rings. The molecule has 3 rings (SSSR count). The van der Waals surface area contributed by atoms with Gasteiger partial charge in [-0.15, -0.1) is 0 Å². The number of halogens is 2. The second kappa shape index (κ2) is 11.7. The fraction of sp³-hybridized carbons (Fsp3) is 0.536. The Morgan fingerprint density at radius 3 is 2.14 bits per heavy atom. The Balaban J connectivity index is 1.92. The number of aliphatic hydroxyl groups excluding tert-OH is 1. The Bertz CT molecular complexity index is 1020. The average molecular weight is 538 g/mol. The molecular formula is C28H38Cl2N2O4. The van der Waals surface area contributed by atoms with Gasteiger partial charge < -0.3 is 25.6 Å². The maximum Gasteiger partial charge on any atom is 0.405 e. The summed E-state index contributed by atoms with van der Waals surface area (Å²) in [5, 5.41) is 23.7. The number of carbonyl (C=O) groups excluding carboxylic acids is 1. The third kappa shape index (κ3) is 6.00. The predicted octanol–water partition coefficient (Wildman–Crippen LogP) is 5.57. The molecule has 2 aromatic carbocycles. The van der Waals surface area contributed by atoms with Crippen LogP contribution in [0.2, 0.25) is 10.0 Å². The number of nitrogens with zero attached hydrogens (tertiary/aromatic N) is 1. The van der Waals surface area contributed by atoms with Gasteiger partial charge in [-0.2, -0.15) is 0 Å². The van der Waals surface area contributed by atoms with Gasteiger partial charge in [0, 0.05) is 19.6 Å². The number of aliphatic hydroxyl groups is 2. The number of amides is 1. The molecule has 1 aliphatic heterocycles. The van der Waals surface area contributed by atoms with E-state index in [1.807, 2.05) is 64.1 Å². The lowest BCUT2D eigenvalue weighted by molar-refractivity contribution is -0.111. The van der Waals surface area contributed by atoms with Gasteiger partial charge in [-0.25, -0.2) is 4.79 Å². The number of β-amino-alcohol motifs (C(OH)–C–C–N with tert-alkyl or cyclic N) is 1. The van der Waals surface area contributed by atoms with Crippen molar-refractivity contribution in [1.29, 1.82) is 0 Å². The van der Waals surface area contributed by atoms with E-state index < -0.39 is 29.3 Å². The normalized spacial score (nSPS) is 18.3. The number of benzene rings is 2. The number of carbonyl (C=O) groups is 1. The Morgan fingerprint density at radius 2 is 1.64 bits per heavy atom. The van der Waals surface area contributed by atoms with Crippen LogP contribution in [0.1, 0.15) is 57.6 Å². The maximum atomic E-state index is 12.1. The minimum Gasteiger partial charge on any atom is -0.442 e. The van der Waals surface area contributed by atoms with E-state index >= 15 is 0 Å². The molecular weight excluding hydrogens is 499 g/mol. The largest absolute Gasteiger partial charge is 0.442 e. The second-order valence-electron chi connectivity index (χ2n) is 10.5. The molecule has 0 aliphatic carbocycles. The topological polar surface area (TPSA) is 96.0 Å². The minimum atomic E-state index is -1.09. The first kappa shape index (κ1) is 28.7. The van der Waals surface area contributed by atoms with E-state index in [9.17, 15) is 15.0 Å². The monoisotopic (exact) mass is 536 g/mol. The number of rotatable bonds is 9. The van der Waals surface area contributed by atoms with Gasteiger partial charge in [-0.05, 0) is 47.9 Å². The number of ether oxygens (including phenoxy) is 1. The third-order valence-electron chi connectivity index (χ3n) is 7.70. The summed E-state index contributed by atoms with van der Waals surface area (Å²) in [6.45, 7) is 9.40. The van der Waals surface area contributed by atoms with Gasteiger partial charge in [0.2, 0.25) is 0 Å². The van der Waals surface area contributed by atoms with Crippen LogP contribution >= 0.6 is 23.2 Å². The van der Waals surface area contributed by atoms with E-state index in [1.54, 1.807) is 12.1 Å². The molecule has 0 aromatic heterocycles. The van der Waals surface area contributed by atoms with Crippen LogP contribution in [0.25, 0.3) is 0 Å². The molecule has 1 aliphatic rings. The number of primary amides is 1. The summed E-state index contributed by atoms with van der Waals surface area (Å²) in [4.78, 5) is 14.3. The molecule has 4 N–H and O–H groups in total. The molecule has 36 heavy (non-hydrogen) atoms. The minimum absolute atomic E-state index is 0.163. The zero-order valence-electron chi connectivity index (χ0n) is 21.5. The van der Waals surface area contributed by atoms with Gasteiger partial charge in [-0.3, -0.25) is 0 Å². The lowest BCUT2D eigenvalue weighted by Gasteiger charge is -2.49. The summed E-state index contributed by atoms with van der Waals surface area (Å²) in [6.07, 6.45) is -0.688. The van der Waals surface area contributed by atoms with E-state index in [4.69, 9.17) is 33.7 Å². The van der Waals surface area contributed by atoms with Crippen molar-refractivity contribution in [3.63, 3.8) is 0 Å². The molecule has 2 atom stereocenters. The highest BCUT2D eigenvalue weighted by atomic mass is 35.5. The molecule has 0 radical (unpaired) electrons. The van der Waals surface area contributed by atoms with E-state index in [0.717, 1.165) is 11.1 Å². The Kier molecular flexibility index (Phi) is 9.34. The van der Waals surface area contributed by atoms with Crippen LogP contribution in [0.4, 0.5) is 4.79 Å². The number of hydrogen-bond donors (Lipinski definition) is 3. The molecule has 2 unspecified atom stereocenters. The lowest BCUT2D eigenvalue weighted by Crippen LogP contribution is -2.56. The van der Waals surface area contributed by atoms with Gasteiger partial charge in [0.15, 0.2) is 0 Å². The van der Waals surface area contributed by atoms with Crippen molar-refractivity contribution in [3.05, 3.63) is 69.7 Å². The molecule has 6 nitrogen and oxygen atoms in total. The Hall–Kier alpha value is -1.83. The molecule has 0 bridgehead atoms. The zero-order chi connectivity index (χ0) is 26.7. The van der Waals surface area contributed by atoms with Crippen LogP contribution in [-0.4, -0.2) is 52.5 Å². The summed E-state index contributed by atoms with van der Waals surface area (Å²) in [6, 6.07) is 14.9. The number of piperidine rings is 1. The van der Waals surface area contributed by atoms with E-state index in [2.05, 4.69) is 4.90 Å². The highest BCUT2D eigenvalue weighted by Gasteiger charge is 2.52. The first-order valence-corrected chi connectivity index (χ1v) is 13.3. The highest BCUT2D eigenvalue weighted by molar-refractivity contribution is 6.42. The summed E-state index contributed by atoms with van der Waals surface area (Å²) in [7, 11) is 0. The Labute approximate surface area is 224 Å². The van der Waals surface area contributed by atoms with Crippen LogP contribution in [0.15, 0.2) is 48.5 Å². The van der Waals surface area contributed by atoms with Crippen LogP contribution < -0.4 is 5.73 Å². The first-order valence-electron chi connectivity index (χ1n) is 12.5. The summed E-state index contributed by atoms with van der Waals surface area (Å²) >= 11 is 12.6. The van der Waals surface area contributed by atoms with E-state index in [1.165, 1.54) is 0 Å². The SMILES string of the molecule is CC(C)C(OC(N)=O)(C(C)C)C(c1ccc(Cl)c(Cl)c1)C(O)CN1CCC(O)(c2ccccc2)CC1. The third-order valence-corrected chi connectivity index (χ3v) is 8.43. The van der Waals surface area contributed by atoms with E-state index in [0.29, 0.717) is 42.5 Å². The van der Waals surface area contributed by atoms with Crippen LogP contribution in [0, 0.1) is 11.8 Å². The number of hydrogen-bond acceptors (Lipinski definition) is 5. The molecule has 1 heterocycles. The van der Waals surface area contributed by atoms with Crippen molar-refractivity contribution >= 4 is 29.3 Å². The van der Waals surface area contributed by atoms with Gasteiger partial charge in [0.1, 0.15) is 5.60 Å². The predicted molar refractivity (Wildman–Crippen MR) is 144 cm³/mol. The molecule has 0 saturated carbocycles. The fourth-order valence-electron chi connectivity index (χ4n) is 5.86. The maximum absolute atomic E-state index is 12.1. The molecule has 1 saturated heterocycles. The fourth-order valence-corrected chi connectivity index (χ4v) is 6.17. The van der Waals surface area contributed by atoms with Crippen molar-refractivity contribution in [2.45, 2.75) is 63.8 Å². The smallest absolute Gasteiger partial charge is 0.405 e. The average Bonchev–Trinajstić information content (AvgIpc) is 2.82. The molecule has 1 amide bonds. The summed E-state index contributed by atoms with van der Waals surface area (Å²) in [5.41, 5.74) is 5.21. The van der Waals surface area contributed by atoms with Gasteiger partial charge in [-0.1, -0.05) is 87.3 Å². The lowest BCUT2D eigenvalue weighted by atomic mass is 9.66. The molecule has 0 spiro atoms. The van der Waals surface area contributed by atoms with Crippen molar-refractivity contribution in [2.24, 2.45) is 17.6 Å². The van der Waals surface area contributed by atoms with Crippen molar-refractivity contribution in [2.75, 3.05) is 19.6 Å². The molecule has 198 valence electrons. The van der Waals surface area contributed by atoms with Gasteiger partial charge >= 0.3 is 6.09 Å². The number of nitrogens with two attached hydrogens (primary N) is 1. The highest BCUT2D eigenvalue weighted by Crippen LogP contribution is 2.46. The quantitative estimate of drug-likeness (QED) is 0.389. The van der Waals surface area contributed by atoms with Crippen LogP contribution in [0.3, 0.4) is 0 Å². The van der Waals surface area contributed by atoms with Gasteiger partial charge in [0.25, 0.3) is 0 Å². The standard InChI is InChI=1S/C28H38Cl2N2O4/c1-18(2)28(19(3)4,36-26(31)34)25(20-10-11-22(29)23(30)16-20)24(33)17-32-14-12-27(35,13-15-32)21-8-6-5-7-9-21/h5-11,16,18-19,24-25,33,35H,12-15,17H2,1-4H3,(H2,31,34). The van der Waals surface area contributed by atoms with E-state index in [-0.39, 0.29) is 11.8 Å². The van der Waals surface area contributed by atoms with Gasteiger partial charge in [0.05, 0.1) is 27.7 Å². The van der Waals surface area contributed by atoms with Crippen LogP contribution in [0.5, 0.6) is 0 Å². The number of likely N-dealkylation sites (tertiary alicyclic amines) is 1. The van der Waals surface area contributed by atoms with Crippen molar-refractivity contribution in [1.82, 2.24) is 4.90 Å². The summed E-state index contributed by atoms with van der Waals surface area (Å²) in [5.74, 6) is -0.943. The van der Waals surface area contributed by atoms with Crippen molar-refractivity contribution in [3.8, 4) is 0 Å². The Morgan fingerprint density at radius 1 is 1.06 bits per heavy atom. The molecule has 8 heteroatoms. The second-order valence-corrected chi connectivity index (χ2v) is 11.3. The first-order chi connectivity index (χ1) is 16.9. The molecule has 2 aromatic rings. The zero-order valence-corrected chi connectivity index (χ0v) is 23.0. The summed E-state index contributed by atoms with van der Waals surface area (Å²) < 4.78 is 5.89. The van der Waals surface area contributed by atoms with Crippen LogP contribution in [-0.2, 0) is 10.3 Å².